The number of aromatic amines is 1. The van der Waals surface area contributed by atoms with Crippen molar-refractivity contribution in [3.63, 3.8) is 0 Å². The molecular weight excluding hydrogens is 256 g/mol. The second kappa shape index (κ2) is 5.05. The molecule has 94 valence electrons. The first-order valence-corrected chi connectivity index (χ1v) is 5.65. The first-order valence-electron chi connectivity index (χ1n) is 5.27. The Morgan fingerprint density at radius 2 is 2.28 bits per heavy atom. The van der Waals surface area contributed by atoms with Gasteiger partial charge in [-0.25, -0.2) is 0 Å². The number of nitrogens with zero attached hydrogens (tertiary/aromatic N) is 2. The van der Waals surface area contributed by atoms with E-state index in [9.17, 15) is 10.1 Å². The molecule has 0 saturated carbocycles. The topological polar surface area (TPSA) is 83.8 Å². The van der Waals surface area contributed by atoms with E-state index in [0.717, 1.165) is 5.69 Å². The van der Waals surface area contributed by atoms with E-state index >= 15 is 0 Å². The normalized spacial score (nSPS) is 12.1. The van der Waals surface area contributed by atoms with Crippen molar-refractivity contribution in [2.24, 2.45) is 0 Å². The predicted octanol–water partition coefficient (Wildman–Crippen LogP) is 3.14. The molecule has 1 heterocycles. The lowest BCUT2D eigenvalue weighted by Gasteiger charge is -2.13. The number of rotatable bonds is 4. The average Bonchev–Trinajstić information content (AvgIpc) is 2.81. The number of aromatic nitrogens is 2. The molecule has 2 aromatic rings. The van der Waals surface area contributed by atoms with Gasteiger partial charge in [-0.1, -0.05) is 11.6 Å². The fraction of sp³-hybridized carbons (Fsp3) is 0.182. The molecule has 1 unspecified atom stereocenters. The van der Waals surface area contributed by atoms with Crippen LogP contribution >= 0.6 is 11.6 Å². The van der Waals surface area contributed by atoms with Crippen LogP contribution in [0.5, 0.6) is 0 Å². The van der Waals surface area contributed by atoms with Gasteiger partial charge in [0.1, 0.15) is 5.69 Å². The molecule has 0 bridgehead atoms. The highest BCUT2D eigenvalue weighted by molar-refractivity contribution is 6.31. The Bertz CT molecular complexity index is 556. The Kier molecular flexibility index (Phi) is 3.47. The quantitative estimate of drug-likeness (QED) is 0.658. The third-order valence-electron chi connectivity index (χ3n) is 2.52. The Hall–Kier alpha value is -2.08. The molecule has 6 nitrogen and oxygen atoms in total. The van der Waals surface area contributed by atoms with Crippen molar-refractivity contribution in [3.05, 3.63) is 51.3 Å². The third-order valence-corrected chi connectivity index (χ3v) is 2.75. The van der Waals surface area contributed by atoms with E-state index in [0.29, 0.717) is 10.7 Å². The van der Waals surface area contributed by atoms with Gasteiger partial charge in [0.15, 0.2) is 0 Å². The fourth-order valence-electron chi connectivity index (χ4n) is 1.60. The number of nitro benzene ring substituents is 1. The number of nitro groups is 1. The molecular formula is C11H11ClN4O2. The molecule has 0 amide bonds. The molecule has 7 heteroatoms. The minimum atomic E-state index is -0.446. The summed E-state index contributed by atoms with van der Waals surface area (Å²) in [5.41, 5.74) is 1.21. The Morgan fingerprint density at radius 3 is 2.89 bits per heavy atom. The van der Waals surface area contributed by atoms with Crippen molar-refractivity contribution in [1.82, 2.24) is 10.2 Å². The van der Waals surface area contributed by atoms with E-state index in [4.69, 9.17) is 11.6 Å². The smallest absolute Gasteiger partial charge is 0.292 e. The number of hydrogen-bond donors (Lipinski definition) is 2. The summed E-state index contributed by atoms with van der Waals surface area (Å²) in [6.07, 6.45) is 1.62. The van der Waals surface area contributed by atoms with Crippen LogP contribution in [0.25, 0.3) is 0 Å². The van der Waals surface area contributed by atoms with Crippen LogP contribution in [0.2, 0.25) is 5.02 Å². The number of nitrogens with one attached hydrogen (secondary N) is 2. The molecule has 0 saturated heterocycles. The summed E-state index contributed by atoms with van der Waals surface area (Å²) < 4.78 is 0. The maximum Gasteiger partial charge on any atom is 0.292 e. The molecule has 0 fully saturated rings. The van der Waals surface area contributed by atoms with Crippen molar-refractivity contribution in [2.45, 2.75) is 13.0 Å². The molecule has 0 aliphatic carbocycles. The van der Waals surface area contributed by atoms with Crippen LogP contribution in [0, 0.1) is 10.1 Å². The van der Waals surface area contributed by atoms with Crippen LogP contribution in [0.15, 0.2) is 30.5 Å². The standard InChI is InChI=1S/C11H11ClN4O2/c1-7(9-4-5-13-15-9)14-10-6-8(12)2-3-11(10)16(17)18/h2-7,14H,1H3,(H,13,15). The average molecular weight is 267 g/mol. The van der Waals surface area contributed by atoms with Crippen LogP contribution in [-0.4, -0.2) is 15.1 Å². The van der Waals surface area contributed by atoms with Gasteiger partial charge in [0.05, 0.1) is 16.7 Å². The summed E-state index contributed by atoms with van der Waals surface area (Å²) in [5.74, 6) is 0. The van der Waals surface area contributed by atoms with Gasteiger partial charge in [-0.2, -0.15) is 5.10 Å². The molecule has 0 aliphatic rings. The number of halogens is 1. The maximum atomic E-state index is 10.9. The second-order valence-electron chi connectivity index (χ2n) is 3.80. The van der Waals surface area contributed by atoms with E-state index in [2.05, 4.69) is 15.5 Å². The molecule has 2 N–H and O–H groups in total. The molecule has 0 spiro atoms. The second-order valence-corrected chi connectivity index (χ2v) is 4.23. The number of benzene rings is 1. The fourth-order valence-corrected chi connectivity index (χ4v) is 1.77. The monoisotopic (exact) mass is 266 g/mol. The highest BCUT2D eigenvalue weighted by Gasteiger charge is 2.16. The zero-order chi connectivity index (χ0) is 13.1. The van der Waals surface area contributed by atoms with E-state index in [-0.39, 0.29) is 11.7 Å². The zero-order valence-electron chi connectivity index (χ0n) is 9.55. The summed E-state index contributed by atoms with van der Waals surface area (Å²) in [6, 6.07) is 6.07. The molecule has 1 aromatic heterocycles. The first kappa shape index (κ1) is 12.4. The van der Waals surface area contributed by atoms with Gasteiger partial charge >= 0.3 is 0 Å². The SMILES string of the molecule is CC(Nc1cc(Cl)ccc1[N+](=O)[O-])c1ccn[nH]1. The van der Waals surface area contributed by atoms with Crippen molar-refractivity contribution >= 4 is 23.0 Å². The highest BCUT2D eigenvalue weighted by atomic mass is 35.5. The first-order chi connectivity index (χ1) is 8.58. The van der Waals surface area contributed by atoms with Crippen LogP contribution in [0.3, 0.4) is 0 Å². The van der Waals surface area contributed by atoms with Crippen LogP contribution in [-0.2, 0) is 0 Å². The summed E-state index contributed by atoms with van der Waals surface area (Å²) in [7, 11) is 0. The Morgan fingerprint density at radius 1 is 1.50 bits per heavy atom. The predicted molar refractivity (Wildman–Crippen MR) is 68.7 cm³/mol. The minimum absolute atomic E-state index is 0.00855. The van der Waals surface area contributed by atoms with Gasteiger partial charge in [-0.3, -0.25) is 15.2 Å². The number of H-pyrrole nitrogens is 1. The Balaban J connectivity index is 2.28. The van der Waals surface area contributed by atoms with Crippen molar-refractivity contribution in [2.75, 3.05) is 5.32 Å². The highest BCUT2D eigenvalue weighted by Crippen LogP contribution is 2.30. The van der Waals surface area contributed by atoms with Gasteiger partial charge in [0.25, 0.3) is 5.69 Å². The third kappa shape index (κ3) is 2.60. The van der Waals surface area contributed by atoms with Gasteiger partial charge in [0, 0.05) is 17.3 Å². The summed E-state index contributed by atoms with van der Waals surface area (Å²) in [6.45, 7) is 1.87. The molecule has 1 atom stereocenters. The van der Waals surface area contributed by atoms with Crippen LogP contribution < -0.4 is 5.32 Å². The van der Waals surface area contributed by atoms with Crippen LogP contribution in [0.1, 0.15) is 18.7 Å². The number of hydrogen-bond acceptors (Lipinski definition) is 4. The van der Waals surface area contributed by atoms with Crippen molar-refractivity contribution < 1.29 is 4.92 Å². The van der Waals surface area contributed by atoms with Gasteiger partial charge < -0.3 is 5.32 Å². The van der Waals surface area contributed by atoms with E-state index < -0.39 is 4.92 Å². The summed E-state index contributed by atoms with van der Waals surface area (Å²) >= 11 is 5.85. The maximum absolute atomic E-state index is 10.9. The minimum Gasteiger partial charge on any atom is -0.371 e. The Labute approximate surface area is 108 Å². The van der Waals surface area contributed by atoms with E-state index in [1.54, 1.807) is 12.3 Å². The lowest BCUT2D eigenvalue weighted by molar-refractivity contribution is -0.384. The lowest BCUT2D eigenvalue weighted by Crippen LogP contribution is -2.08. The molecule has 0 radical (unpaired) electrons. The van der Waals surface area contributed by atoms with Crippen LogP contribution in [0.4, 0.5) is 11.4 Å². The lowest BCUT2D eigenvalue weighted by atomic mass is 10.2. The van der Waals surface area contributed by atoms with E-state index in [1.807, 2.05) is 6.92 Å². The van der Waals surface area contributed by atoms with Crippen molar-refractivity contribution in [1.29, 1.82) is 0 Å². The number of anilines is 1. The van der Waals surface area contributed by atoms with Gasteiger partial charge in [-0.15, -0.1) is 0 Å². The van der Waals surface area contributed by atoms with Crippen molar-refractivity contribution in [3.8, 4) is 0 Å². The van der Waals surface area contributed by atoms with Gasteiger partial charge in [-0.05, 0) is 25.1 Å². The molecule has 1 aromatic carbocycles. The molecule has 18 heavy (non-hydrogen) atoms. The summed E-state index contributed by atoms with van der Waals surface area (Å²) in [4.78, 5) is 10.5. The largest absolute Gasteiger partial charge is 0.371 e. The van der Waals surface area contributed by atoms with Gasteiger partial charge in [0.2, 0.25) is 0 Å². The zero-order valence-corrected chi connectivity index (χ0v) is 10.3. The van der Waals surface area contributed by atoms with E-state index in [1.165, 1.54) is 18.2 Å². The molecule has 0 aliphatic heterocycles. The molecule has 2 rings (SSSR count). The summed E-state index contributed by atoms with van der Waals surface area (Å²) in [5, 5.41) is 21.0.